The van der Waals surface area contributed by atoms with Gasteiger partial charge in [0, 0.05) is 49.6 Å². The lowest BCUT2D eigenvalue weighted by Gasteiger charge is -2.33. The molecule has 30 heavy (non-hydrogen) atoms. The standard InChI is InChI=1S/C21H24F2N4O2S/c22-17-4-3-14(12-18(17)23)11-16-13-24-20(30-16)25-19(28)15-5-9-27(10-6-15)21(29)26-7-1-2-8-26/h3-4,12-13,15H,1-2,5-11H2,(H,24,25,28). The summed E-state index contributed by atoms with van der Waals surface area (Å²) in [5.41, 5.74) is 0.644. The SMILES string of the molecule is O=C(Nc1ncc(Cc2ccc(F)c(F)c2)s1)C1CCN(C(=O)N2CCCC2)CC1. The van der Waals surface area contributed by atoms with E-state index >= 15 is 0 Å². The smallest absolute Gasteiger partial charge is 0.319 e. The summed E-state index contributed by atoms with van der Waals surface area (Å²) in [6.07, 6.45) is 5.46. The molecule has 160 valence electrons. The van der Waals surface area contributed by atoms with Crippen molar-refractivity contribution in [1.29, 1.82) is 0 Å². The maximum absolute atomic E-state index is 13.4. The Morgan fingerprint density at radius 3 is 2.47 bits per heavy atom. The molecule has 1 N–H and O–H groups in total. The van der Waals surface area contributed by atoms with E-state index in [1.165, 1.54) is 23.5 Å². The molecule has 9 heteroatoms. The number of aromatic nitrogens is 1. The van der Waals surface area contributed by atoms with Gasteiger partial charge in [0.2, 0.25) is 5.91 Å². The lowest BCUT2D eigenvalue weighted by atomic mass is 9.96. The van der Waals surface area contributed by atoms with Crippen molar-refractivity contribution >= 4 is 28.4 Å². The predicted octanol–water partition coefficient (Wildman–Crippen LogP) is 3.88. The number of thiazole rings is 1. The third kappa shape index (κ3) is 4.77. The Hall–Kier alpha value is -2.55. The van der Waals surface area contributed by atoms with Crippen LogP contribution in [0.2, 0.25) is 0 Å². The van der Waals surface area contributed by atoms with Crippen molar-refractivity contribution in [2.45, 2.75) is 32.1 Å². The number of halogens is 2. The van der Waals surface area contributed by atoms with Gasteiger partial charge in [-0.3, -0.25) is 4.79 Å². The lowest BCUT2D eigenvalue weighted by molar-refractivity contribution is -0.121. The number of nitrogens with one attached hydrogen (secondary N) is 1. The minimum Gasteiger partial charge on any atom is -0.325 e. The number of benzene rings is 1. The van der Waals surface area contributed by atoms with Gasteiger partial charge in [0.05, 0.1) is 0 Å². The van der Waals surface area contributed by atoms with Gasteiger partial charge >= 0.3 is 6.03 Å². The van der Waals surface area contributed by atoms with Crippen molar-refractivity contribution in [2.75, 3.05) is 31.5 Å². The summed E-state index contributed by atoms with van der Waals surface area (Å²) in [5, 5.41) is 3.35. The van der Waals surface area contributed by atoms with E-state index in [4.69, 9.17) is 0 Å². The number of likely N-dealkylation sites (tertiary alicyclic amines) is 2. The van der Waals surface area contributed by atoms with Gasteiger partial charge in [0.1, 0.15) is 0 Å². The molecular weight excluding hydrogens is 410 g/mol. The maximum atomic E-state index is 13.4. The molecule has 2 aliphatic rings. The molecule has 4 rings (SSSR count). The van der Waals surface area contributed by atoms with Crippen LogP contribution < -0.4 is 5.32 Å². The molecule has 6 nitrogen and oxygen atoms in total. The van der Waals surface area contributed by atoms with Crippen LogP contribution in [-0.2, 0) is 11.2 Å². The average molecular weight is 435 g/mol. The first-order valence-corrected chi connectivity index (χ1v) is 11.0. The molecule has 0 radical (unpaired) electrons. The summed E-state index contributed by atoms with van der Waals surface area (Å²) in [4.78, 5) is 33.9. The van der Waals surface area contributed by atoms with Crippen molar-refractivity contribution in [3.8, 4) is 0 Å². The highest BCUT2D eigenvalue weighted by atomic mass is 32.1. The molecule has 3 heterocycles. The highest BCUT2D eigenvalue weighted by molar-refractivity contribution is 7.15. The maximum Gasteiger partial charge on any atom is 0.319 e. The molecule has 0 bridgehead atoms. The lowest BCUT2D eigenvalue weighted by Crippen LogP contribution is -2.47. The first-order chi connectivity index (χ1) is 14.5. The van der Waals surface area contributed by atoms with E-state index in [-0.39, 0.29) is 17.9 Å². The monoisotopic (exact) mass is 434 g/mol. The summed E-state index contributed by atoms with van der Waals surface area (Å²) >= 11 is 1.32. The molecule has 2 fully saturated rings. The van der Waals surface area contributed by atoms with Crippen molar-refractivity contribution < 1.29 is 18.4 Å². The summed E-state index contributed by atoms with van der Waals surface area (Å²) in [5.74, 6) is -1.98. The number of rotatable bonds is 4. The van der Waals surface area contributed by atoms with Crippen LogP contribution in [0.5, 0.6) is 0 Å². The third-order valence-electron chi connectivity index (χ3n) is 5.66. The molecule has 2 aromatic rings. The largest absolute Gasteiger partial charge is 0.325 e. The first-order valence-electron chi connectivity index (χ1n) is 10.2. The molecule has 2 saturated heterocycles. The molecule has 1 aromatic carbocycles. The zero-order valence-corrected chi connectivity index (χ0v) is 17.4. The number of hydrogen-bond acceptors (Lipinski definition) is 4. The fourth-order valence-electron chi connectivity index (χ4n) is 3.95. The predicted molar refractivity (Wildman–Crippen MR) is 110 cm³/mol. The minimum atomic E-state index is -0.875. The average Bonchev–Trinajstić information content (AvgIpc) is 3.43. The van der Waals surface area contributed by atoms with E-state index in [0.717, 1.165) is 36.9 Å². The Morgan fingerprint density at radius 2 is 1.77 bits per heavy atom. The van der Waals surface area contributed by atoms with E-state index < -0.39 is 11.6 Å². The number of carbonyl (C=O) groups excluding carboxylic acids is 2. The summed E-state index contributed by atoms with van der Waals surface area (Å²) in [6, 6.07) is 3.90. The second-order valence-electron chi connectivity index (χ2n) is 7.78. The Balaban J connectivity index is 1.27. The Morgan fingerprint density at radius 1 is 1.07 bits per heavy atom. The van der Waals surface area contributed by atoms with Crippen LogP contribution in [0.1, 0.15) is 36.1 Å². The number of hydrogen-bond donors (Lipinski definition) is 1. The number of carbonyl (C=O) groups is 2. The summed E-state index contributed by atoms with van der Waals surface area (Å²) < 4.78 is 26.4. The van der Waals surface area contributed by atoms with Gasteiger partial charge in [-0.25, -0.2) is 18.6 Å². The Kier molecular flexibility index (Phi) is 6.26. The molecule has 2 aliphatic heterocycles. The minimum absolute atomic E-state index is 0.0861. The van der Waals surface area contributed by atoms with Crippen molar-refractivity contribution in [1.82, 2.24) is 14.8 Å². The van der Waals surface area contributed by atoms with Crippen molar-refractivity contribution in [3.63, 3.8) is 0 Å². The normalized spacial score (nSPS) is 17.4. The van der Waals surface area contributed by atoms with Gasteiger partial charge in [0.25, 0.3) is 0 Å². The van der Waals surface area contributed by atoms with Crippen LogP contribution in [0.3, 0.4) is 0 Å². The molecule has 0 atom stereocenters. The third-order valence-corrected chi connectivity index (χ3v) is 6.57. The van der Waals surface area contributed by atoms with Crippen LogP contribution in [-0.4, -0.2) is 52.9 Å². The van der Waals surface area contributed by atoms with E-state index in [2.05, 4.69) is 10.3 Å². The van der Waals surface area contributed by atoms with Gasteiger partial charge in [-0.2, -0.15) is 0 Å². The van der Waals surface area contributed by atoms with Crippen LogP contribution in [0, 0.1) is 17.6 Å². The summed E-state index contributed by atoms with van der Waals surface area (Å²) in [7, 11) is 0. The molecule has 0 unspecified atom stereocenters. The fourth-order valence-corrected chi connectivity index (χ4v) is 4.80. The fraction of sp³-hybridized carbons (Fsp3) is 0.476. The number of piperidine rings is 1. The summed E-state index contributed by atoms with van der Waals surface area (Å²) in [6.45, 7) is 2.84. The second kappa shape index (κ2) is 9.07. The molecule has 0 aliphatic carbocycles. The Bertz CT molecular complexity index is 921. The van der Waals surface area contributed by atoms with Crippen molar-refractivity contribution in [3.05, 3.63) is 46.5 Å². The van der Waals surface area contributed by atoms with E-state index in [1.54, 1.807) is 6.20 Å². The number of nitrogens with zero attached hydrogens (tertiary/aromatic N) is 3. The first kappa shape index (κ1) is 20.7. The van der Waals surface area contributed by atoms with Crippen LogP contribution in [0.15, 0.2) is 24.4 Å². The van der Waals surface area contributed by atoms with Gasteiger partial charge in [-0.05, 0) is 43.4 Å². The van der Waals surface area contributed by atoms with E-state index in [1.807, 2.05) is 9.80 Å². The van der Waals surface area contributed by atoms with Gasteiger partial charge < -0.3 is 15.1 Å². The van der Waals surface area contributed by atoms with Gasteiger partial charge in [-0.1, -0.05) is 6.07 Å². The van der Waals surface area contributed by atoms with Crippen LogP contribution in [0.4, 0.5) is 18.7 Å². The highest BCUT2D eigenvalue weighted by Gasteiger charge is 2.30. The molecule has 0 spiro atoms. The van der Waals surface area contributed by atoms with Gasteiger partial charge in [0.15, 0.2) is 16.8 Å². The zero-order chi connectivity index (χ0) is 21.1. The number of anilines is 1. The number of amides is 3. The molecule has 1 aromatic heterocycles. The van der Waals surface area contributed by atoms with Crippen molar-refractivity contribution in [2.24, 2.45) is 5.92 Å². The topological polar surface area (TPSA) is 65.5 Å². The van der Waals surface area contributed by atoms with Crippen LogP contribution in [0.25, 0.3) is 0 Å². The Labute approximate surface area is 177 Å². The quantitative estimate of drug-likeness (QED) is 0.794. The van der Waals surface area contributed by atoms with Gasteiger partial charge in [-0.15, -0.1) is 11.3 Å². The zero-order valence-electron chi connectivity index (χ0n) is 16.6. The molecule has 3 amide bonds. The second-order valence-corrected chi connectivity index (χ2v) is 8.90. The highest BCUT2D eigenvalue weighted by Crippen LogP contribution is 2.25. The van der Waals surface area contributed by atoms with Crippen LogP contribution >= 0.6 is 11.3 Å². The molecular formula is C21H24F2N4O2S. The van der Waals surface area contributed by atoms with E-state index in [9.17, 15) is 18.4 Å². The van der Waals surface area contributed by atoms with E-state index in [0.29, 0.717) is 43.0 Å². The molecule has 0 saturated carbocycles. The number of urea groups is 1.